The highest BCUT2D eigenvalue weighted by atomic mass is 16.6. The van der Waals surface area contributed by atoms with Crippen molar-refractivity contribution in [2.24, 2.45) is 5.41 Å². The molecule has 1 fully saturated rings. The Kier molecular flexibility index (Phi) is 8.19. The van der Waals surface area contributed by atoms with Crippen molar-refractivity contribution in [3.8, 4) is 12.3 Å². The Balaban J connectivity index is 1.29. The molecule has 0 amide bonds. The molecular formula is C30H36N6O4. The molecule has 5 atom stereocenters. The number of benzene rings is 1. The zero-order chi connectivity index (χ0) is 28.3. The Bertz CT molecular complexity index is 1520. The number of aliphatic hydroxyl groups excluding tert-OH is 3. The summed E-state index contributed by atoms with van der Waals surface area (Å²) >= 11 is 0. The first kappa shape index (κ1) is 27.8. The van der Waals surface area contributed by atoms with Crippen molar-refractivity contribution in [3.05, 3.63) is 54.5 Å². The number of aryl methyl sites for hydroxylation is 1. The van der Waals surface area contributed by atoms with Crippen LogP contribution in [0.25, 0.3) is 21.9 Å². The molecule has 1 saturated carbocycles. The molecule has 210 valence electrons. The lowest BCUT2D eigenvalue weighted by Crippen LogP contribution is -2.36. The van der Waals surface area contributed by atoms with E-state index in [0.29, 0.717) is 48.5 Å². The number of nitrogen functional groups attached to an aromatic ring is 1. The maximum atomic E-state index is 11.1. The number of pyridine rings is 1. The van der Waals surface area contributed by atoms with E-state index in [-0.39, 0.29) is 0 Å². The number of nitrogens with zero attached hydrogens (tertiary/aromatic N) is 4. The first-order valence-electron chi connectivity index (χ1n) is 13.7. The van der Waals surface area contributed by atoms with Crippen LogP contribution < -0.4 is 11.1 Å². The number of hydrogen-bond acceptors (Lipinski definition) is 9. The molecule has 40 heavy (non-hydrogen) atoms. The number of terminal acetylenes is 1. The standard InChI is InChI=1S/C30H36N6O4/c1-3-5-6-15-40-29(39)35-24-10-9-20-8-7-19(16-22(20)34-24)11-13-30(4-2)17-23(25(37)26(30)38)36-14-12-21-27(31)32-18-33-28(21)36/h2,7-10,12,14,16,18,23,25-26,29,37-39H,3,5-6,11,13,15,17H2,1H3,(H,34,35)(H2,31,32,33)/t23-,25+,26+,29?,30+/m1/s1. The van der Waals surface area contributed by atoms with Crippen molar-refractivity contribution in [3.63, 3.8) is 0 Å². The van der Waals surface area contributed by atoms with E-state index in [9.17, 15) is 15.3 Å². The van der Waals surface area contributed by atoms with E-state index in [1.165, 1.54) is 6.33 Å². The molecule has 3 aromatic heterocycles. The highest BCUT2D eigenvalue weighted by molar-refractivity contribution is 5.86. The van der Waals surface area contributed by atoms with E-state index in [1.54, 1.807) is 12.3 Å². The molecule has 0 aliphatic heterocycles. The summed E-state index contributed by atoms with van der Waals surface area (Å²) in [5, 5.41) is 36.9. The quantitative estimate of drug-likeness (QED) is 0.109. The van der Waals surface area contributed by atoms with E-state index < -0.39 is 30.1 Å². The third-order valence-corrected chi connectivity index (χ3v) is 7.95. The molecule has 3 heterocycles. The Labute approximate surface area is 233 Å². The van der Waals surface area contributed by atoms with E-state index >= 15 is 0 Å². The minimum atomic E-state index is -1.14. The van der Waals surface area contributed by atoms with Crippen LogP contribution in [0.4, 0.5) is 11.6 Å². The number of hydrogen-bond donors (Lipinski definition) is 5. The fourth-order valence-corrected chi connectivity index (χ4v) is 5.62. The van der Waals surface area contributed by atoms with Crippen LogP contribution in [0.1, 0.15) is 50.6 Å². The summed E-state index contributed by atoms with van der Waals surface area (Å²) in [4.78, 5) is 13.0. The van der Waals surface area contributed by atoms with Gasteiger partial charge in [-0.1, -0.05) is 37.8 Å². The van der Waals surface area contributed by atoms with E-state index in [4.69, 9.17) is 16.9 Å². The maximum Gasteiger partial charge on any atom is 0.236 e. The van der Waals surface area contributed by atoms with Gasteiger partial charge in [0.05, 0.1) is 35.1 Å². The minimum absolute atomic E-state index is 0.359. The van der Waals surface area contributed by atoms with Gasteiger partial charge in [0.25, 0.3) is 0 Å². The van der Waals surface area contributed by atoms with Crippen LogP contribution in [0.5, 0.6) is 0 Å². The molecule has 1 unspecified atom stereocenters. The van der Waals surface area contributed by atoms with Crippen molar-refractivity contribution in [2.75, 3.05) is 17.7 Å². The van der Waals surface area contributed by atoms with Crippen molar-refractivity contribution in [1.29, 1.82) is 0 Å². The molecule has 0 saturated heterocycles. The second-order valence-electron chi connectivity index (χ2n) is 10.5. The Morgan fingerprint density at radius 3 is 2.85 bits per heavy atom. The summed E-state index contributed by atoms with van der Waals surface area (Å²) in [6.07, 6.45) is 10.4. The van der Waals surface area contributed by atoms with Crippen LogP contribution in [0.3, 0.4) is 0 Å². The van der Waals surface area contributed by atoms with E-state index in [1.807, 2.05) is 34.9 Å². The van der Waals surface area contributed by atoms with Crippen molar-refractivity contribution in [1.82, 2.24) is 19.5 Å². The molecule has 0 radical (unpaired) electrons. The zero-order valence-corrected chi connectivity index (χ0v) is 22.6. The third kappa shape index (κ3) is 5.46. The molecule has 0 spiro atoms. The molecule has 1 aliphatic carbocycles. The molecule has 1 aliphatic rings. The summed E-state index contributed by atoms with van der Waals surface area (Å²) < 4.78 is 7.24. The summed E-state index contributed by atoms with van der Waals surface area (Å²) in [6, 6.07) is 11.1. The first-order chi connectivity index (χ1) is 19.3. The smallest absolute Gasteiger partial charge is 0.236 e. The minimum Gasteiger partial charge on any atom is -0.389 e. The topological polar surface area (TPSA) is 152 Å². The Morgan fingerprint density at radius 2 is 2.05 bits per heavy atom. The summed E-state index contributed by atoms with van der Waals surface area (Å²) in [6.45, 7) is 2.59. The molecule has 1 aromatic carbocycles. The largest absolute Gasteiger partial charge is 0.389 e. The van der Waals surface area contributed by atoms with Crippen LogP contribution in [0.2, 0.25) is 0 Å². The number of nitrogens with one attached hydrogen (secondary N) is 1. The summed E-state index contributed by atoms with van der Waals surface area (Å²) in [5.41, 5.74) is 7.42. The van der Waals surface area contributed by atoms with Gasteiger partial charge in [-0.15, -0.1) is 6.42 Å². The molecule has 4 aromatic rings. The number of anilines is 2. The highest BCUT2D eigenvalue weighted by Crippen LogP contribution is 2.48. The van der Waals surface area contributed by atoms with Gasteiger partial charge in [-0.05, 0) is 55.5 Å². The average molecular weight is 545 g/mol. The number of unbranched alkanes of at least 4 members (excludes halogenated alkanes) is 2. The lowest BCUT2D eigenvalue weighted by molar-refractivity contribution is -0.0792. The van der Waals surface area contributed by atoms with Gasteiger partial charge >= 0.3 is 0 Å². The number of rotatable bonds is 11. The average Bonchev–Trinajstić information content (AvgIpc) is 3.50. The van der Waals surface area contributed by atoms with Gasteiger partial charge in [-0.3, -0.25) is 0 Å². The van der Waals surface area contributed by atoms with Gasteiger partial charge in [0.2, 0.25) is 6.41 Å². The van der Waals surface area contributed by atoms with Crippen molar-refractivity contribution < 1.29 is 20.1 Å². The fourth-order valence-electron chi connectivity index (χ4n) is 5.62. The van der Waals surface area contributed by atoms with Crippen LogP contribution in [-0.2, 0) is 11.2 Å². The van der Waals surface area contributed by atoms with Gasteiger partial charge in [-0.25, -0.2) is 15.0 Å². The van der Waals surface area contributed by atoms with Crippen molar-refractivity contribution >= 4 is 33.6 Å². The Hall–Kier alpha value is -3.75. The number of nitrogens with two attached hydrogens (primary N) is 1. The zero-order valence-electron chi connectivity index (χ0n) is 22.6. The predicted molar refractivity (Wildman–Crippen MR) is 154 cm³/mol. The van der Waals surface area contributed by atoms with Gasteiger partial charge in [-0.2, -0.15) is 0 Å². The SMILES string of the molecule is C#C[C@]1(CCc2ccc3ccc(NC(O)OCCCCC)nc3c2)C[C@@H](n2ccc3c(N)ncnc32)[C@H](O)[C@@H]1O. The summed E-state index contributed by atoms with van der Waals surface area (Å²) in [7, 11) is 0. The summed E-state index contributed by atoms with van der Waals surface area (Å²) in [5.74, 6) is 3.69. The molecule has 5 rings (SSSR count). The van der Waals surface area contributed by atoms with Gasteiger partial charge in [0, 0.05) is 11.6 Å². The predicted octanol–water partition coefficient (Wildman–Crippen LogP) is 3.38. The number of aliphatic hydroxyl groups is 3. The van der Waals surface area contributed by atoms with Crippen LogP contribution >= 0.6 is 0 Å². The van der Waals surface area contributed by atoms with Gasteiger partial charge < -0.3 is 35.7 Å². The molecule has 10 heteroatoms. The van der Waals surface area contributed by atoms with Gasteiger partial charge in [0.15, 0.2) is 0 Å². The highest BCUT2D eigenvalue weighted by Gasteiger charge is 2.52. The molecular weight excluding hydrogens is 508 g/mol. The normalized spacial score (nSPS) is 23.4. The maximum absolute atomic E-state index is 11.1. The van der Waals surface area contributed by atoms with Crippen LogP contribution in [0, 0.1) is 17.8 Å². The van der Waals surface area contributed by atoms with E-state index in [0.717, 1.165) is 35.7 Å². The monoisotopic (exact) mass is 544 g/mol. The van der Waals surface area contributed by atoms with Gasteiger partial charge in [0.1, 0.15) is 29.7 Å². The molecule has 10 nitrogen and oxygen atoms in total. The van der Waals surface area contributed by atoms with Crippen LogP contribution in [-0.4, -0.2) is 60.1 Å². The lowest BCUT2D eigenvalue weighted by Gasteiger charge is -2.27. The number of ether oxygens (including phenoxy) is 1. The fraction of sp³-hybridized carbons (Fsp3) is 0.433. The Morgan fingerprint density at radius 1 is 1.23 bits per heavy atom. The van der Waals surface area contributed by atoms with Crippen LogP contribution in [0.15, 0.2) is 48.9 Å². The molecule has 0 bridgehead atoms. The van der Waals surface area contributed by atoms with Crippen molar-refractivity contribution in [2.45, 2.75) is 70.1 Å². The number of aromatic nitrogens is 4. The number of fused-ring (bicyclic) bond motifs is 2. The lowest BCUT2D eigenvalue weighted by atomic mass is 9.79. The molecule has 6 N–H and O–H groups in total. The second kappa shape index (κ2) is 11.8. The third-order valence-electron chi connectivity index (χ3n) is 7.95. The first-order valence-corrected chi connectivity index (χ1v) is 13.7. The van der Waals surface area contributed by atoms with E-state index in [2.05, 4.69) is 33.1 Å². The second-order valence-corrected chi connectivity index (χ2v) is 10.5.